The maximum absolute atomic E-state index is 11.1. The summed E-state index contributed by atoms with van der Waals surface area (Å²) < 4.78 is 4.78. The lowest BCUT2D eigenvalue weighted by Gasteiger charge is -2.09. The minimum Gasteiger partial charge on any atom is -0.478 e. The van der Waals surface area contributed by atoms with Gasteiger partial charge in [0.15, 0.2) is 0 Å². The van der Waals surface area contributed by atoms with Gasteiger partial charge in [-0.1, -0.05) is 11.6 Å². The first-order valence-corrected chi connectivity index (χ1v) is 6.29. The summed E-state index contributed by atoms with van der Waals surface area (Å²) in [5.41, 5.74) is 0.482. The van der Waals surface area contributed by atoms with Crippen molar-refractivity contribution < 1.29 is 19.4 Å². The highest BCUT2D eigenvalue weighted by Gasteiger charge is 2.14. The second-order valence-electron chi connectivity index (χ2n) is 3.23. The van der Waals surface area contributed by atoms with E-state index in [9.17, 15) is 9.59 Å². The van der Waals surface area contributed by atoms with Crippen molar-refractivity contribution in [1.29, 1.82) is 0 Å². The lowest BCUT2D eigenvalue weighted by Crippen LogP contribution is -2.07. The van der Waals surface area contributed by atoms with Gasteiger partial charge in [0.05, 0.1) is 10.6 Å². The Hall–Kier alpha value is -1.20. The van der Waals surface area contributed by atoms with Gasteiger partial charge in [-0.3, -0.25) is 4.79 Å². The third kappa shape index (κ3) is 3.64. The molecule has 0 saturated heterocycles. The fourth-order valence-corrected chi connectivity index (χ4v) is 2.16. The summed E-state index contributed by atoms with van der Waals surface area (Å²) in [7, 11) is 0. The summed E-state index contributed by atoms with van der Waals surface area (Å²) in [6.07, 6.45) is 1.80. The van der Waals surface area contributed by atoms with E-state index in [0.29, 0.717) is 15.5 Å². The number of thioether (sulfide) groups is 1. The first kappa shape index (κ1) is 13.9. The molecule has 6 heteroatoms. The molecule has 0 atom stereocenters. The zero-order valence-electron chi connectivity index (χ0n) is 9.32. The van der Waals surface area contributed by atoms with E-state index in [0.717, 1.165) is 0 Å². The van der Waals surface area contributed by atoms with Gasteiger partial charge in [0.1, 0.15) is 6.61 Å². The average Bonchev–Trinajstić information content (AvgIpc) is 2.25. The number of carboxylic acids is 1. The lowest BCUT2D eigenvalue weighted by molar-refractivity contribution is -0.142. The number of ether oxygens (including phenoxy) is 1. The monoisotopic (exact) mass is 274 g/mol. The van der Waals surface area contributed by atoms with E-state index in [1.165, 1.54) is 30.8 Å². The van der Waals surface area contributed by atoms with E-state index in [1.807, 2.05) is 0 Å². The molecule has 0 bridgehead atoms. The average molecular weight is 275 g/mol. The predicted octanol–water partition coefficient (Wildman–Crippen LogP) is 2.82. The number of hydrogen-bond donors (Lipinski definition) is 1. The number of halogens is 1. The zero-order chi connectivity index (χ0) is 13.0. The van der Waals surface area contributed by atoms with Crippen LogP contribution in [0.4, 0.5) is 0 Å². The van der Waals surface area contributed by atoms with Crippen LogP contribution in [0.2, 0.25) is 5.02 Å². The highest BCUT2D eigenvalue weighted by molar-refractivity contribution is 7.98. The second-order valence-corrected chi connectivity index (χ2v) is 4.48. The molecule has 4 nitrogen and oxygen atoms in total. The van der Waals surface area contributed by atoms with Gasteiger partial charge in [-0.05, 0) is 18.4 Å². The van der Waals surface area contributed by atoms with Crippen molar-refractivity contribution in [2.75, 3.05) is 6.26 Å². The molecule has 1 N–H and O–H groups in total. The summed E-state index contributed by atoms with van der Waals surface area (Å²) in [6.45, 7) is 1.17. The van der Waals surface area contributed by atoms with Crippen molar-refractivity contribution in [2.45, 2.75) is 18.4 Å². The van der Waals surface area contributed by atoms with Gasteiger partial charge in [-0.2, -0.15) is 0 Å². The molecule has 0 aliphatic carbocycles. The Balaban J connectivity index is 3.13. The number of hydrogen-bond acceptors (Lipinski definition) is 4. The number of benzene rings is 1. The quantitative estimate of drug-likeness (QED) is 0.676. The van der Waals surface area contributed by atoms with E-state index in [2.05, 4.69) is 0 Å². The van der Waals surface area contributed by atoms with Crippen LogP contribution in [0, 0.1) is 0 Å². The van der Waals surface area contributed by atoms with Crippen molar-refractivity contribution in [2.24, 2.45) is 0 Å². The van der Waals surface area contributed by atoms with Gasteiger partial charge in [0, 0.05) is 17.4 Å². The Morgan fingerprint density at radius 1 is 1.47 bits per heavy atom. The van der Waals surface area contributed by atoms with E-state index in [1.54, 1.807) is 6.26 Å². The van der Waals surface area contributed by atoms with Gasteiger partial charge in [-0.25, -0.2) is 4.79 Å². The largest absolute Gasteiger partial charge is 0.478 e. The Morgan fingerprint density at radius 3 is 2.59 bits per heavy atom. The molecule has 0 fully saturated rings. The molecule has 0 unspecified atom stereocenters. The van der Waals surface area contributed by atoms with Crippen LogP contribution in [0.15, 0.2) is 17.0 Å². The van der Waals surface area contributed by atoms with Crippen LogP contribution in [0.3, 0.4) is 0 Å². The fourth-order valence-electron chi connectivity index (χ4n) is 1.25. The third-order valence-corrected chi connectivity index (χ3v) is 3.24. The second kappa shape index (κ2) is 5.93. The Morgan fingerprint density at radius 2 is 2.12 bits per heavy atom. The Bertz CT molecular complexity index is 459. The molecule has 0 saturated carbocycles. The summed E-state index contributed by atoms with van der Waals surface area (Å²) in [6, 6.07) is 2.99. The van der Waals surface area contributed by atoms with Crippen LogP contribution in [-0.2, 0) is 16.1 Å². The number of carbonyl (C=O) groups excluding carboxylic acids is 1. The first-order valence-electron chi connectivity index (χ1n) is 4.68. The molecule has 1 aromatic carbocycles. The van der Waals surface area contributed by atoms with E-state index in [-0.39, 0.29) is 12.2 Å². The molecular formula is C11H11ClO4S. The lowest BCUT2D eigenvalue weighted by atomic mass is 10.1. The van der Waals surface area contributed by atoms with Gasteiger partial charge in [-0.15, -0.1) is 11.8 Å². The summed E-state index contributed by atoms with van der Waals surface area (Å²) in [5, 5.41) is 9.50. The highest BCUT2D eigenvalue weighted by atomic mass is 35.5. The van der Waals surface area contributed by atoms with Crippen LogP contribution in [0.1, 0.15) is 22.8 Å². The molecule has 17 heavy (non-hydrogen) atoms. The van der Waals surface area contributed by atoms with Crippen LogP contribution in [0.5, 0.6) is 0 Å². The van der Waals surface area contributed by atoms with E-state index >= 15 is 0 Å². The summed E-state index contributed by atoms with van der Waals surface area (Å²) in [4.78, 5) is 22.4. The molecule has 0 aliphatic rings. The van der Waals surface area contributed by atoms with Crippen LogP contribution in [-0.4, -0.2) is 23.3 Å². The maximum atomic E-state index is 11.1. The summed E-state index contributed by atoms with van der Waals surface area (Å²) >= 11 is 7.32. The molecule has 0 aliphatic heterocycles. The van der Waals surface area contributed by atoms with Crippen LogP contribution >= 0.6 is 23.4 Å². The standard InChI is InChI=1S/C11H11ClO4S/c1-6(13)16-5-7-3-9(12)10(17-2)4-8(7)11(14)15/h3-4H,5H2,1-2H3,(H,14,15). The third-order valence-electron chi connectivity index (χ3n) is 2.04. The molecule has 92 valence electrons. The normalized spacial score (nSPS) is 10.1. The van der Waals surface area contributed by atoms with Gasteiger partial charge >= 0.3 is 11.9 Å². The smallest absolute Gasteiger partial charge is 0.336 e. The minimum absolute atomic E-state index is 0.0919. The minimum atomic E-state index is -1.07. The van der Waals surface area contributed by atoms with Gasteiger partial charge in [0.2, 0.25) is 0 Å². The van der Waals surface area contributed by atoms with Crippen molar-refractivity contribution in [3.8, 4) is 0 Å². The SMILES string of the molecule is CSc1cc(C(=O)O)c(COC(C)=O)cc1Cl. The van der Waals surface area contributed by atoms with E-state index < -0.39 is 11.9 Å². The summed E-state index contributed by atoms with van der Waals surface area (Å²) in [5.74, 6) is -1.54. The Kier molecular flexibility index (Phi) is 4.84. The number of carboxylic acid groups (broad SMARTS) is 1. The number of rotatable bonds is 4. The van der Waals surface area contributed by atoms with Crippen molar-refractivity contribution in [3.63, 3.8) is 0 Å². The van der Waals surface area contributed by atoms with Crippen LogP contribution < -0.4 is 0 Å². The van der Waals surface area contributed by atoms with Gasteiger partial charge < -0.3 is 9.84 Å². The molecule has 1 rings (SSSR count). The number of carbonyl (C=O) groups is 2. The van der Waals surface area contributed by atoms with Crippen LogP contribution in [0.25, 0.3) is 0 Å². The molecule has 0 amide bonds. The molecule has 0 radical (unpaired) electrons. The number of aromatic carboxylic acids is 1. The molecular weight excluding hydrogens is 264 g/mol. The van der Waals surface area contributed by atoms with Crippen molar-refractivity contribution >= 4 is 35.3 Å². The molecule has 0 spiro atoms. The molecule has 0 aromatic heterocycles. The Labute approximate surface area is 108 Å². The van der Waals surface area contributed by atoms with Crippen molar-refractivity contribution in [1.82, 2.24) is 0 Å². The molecule has 0 heterocycles. The highest BCUT2D eigenvalue weighted by Crippen LogP contribution is 2.29. The predicted molar refractivity (Wildman–Crippen MR) is 65.7 cm³/mol. The zero-order valence-corrected chi connectivity index (χ0v) is 10.9. The molecule has 1 aromatic rings. The fraction of sp³-hybridized carbons (Fsp3) is 0.273. The maximum Gasteiger partial charge on any atom is 0.336 e. The van der Waals surface area contributed by atoms with Gasteiger partial charge in [0.25, 0.3) is 0 Å². The first-order chi connectivity index (χ1) is 7.95. The van der Waals surface area contributed by atoms with Crippen molar-refractivity contribution in [3.05, 3.63) is 28.3 Å². The topological polar surface area (TPSA) is 63.6 Å². The number of esters is 1. The van der Waals surface area contributed by atoms with E-state index in [4.69, 9.17) is 21.4 Å².